The minimum absolute atomic E-state index is 0.194. The van der Waals surface area contributed by atoms with Crippen molar-refractivity contribution in [1.29, 1.82) is 0 Å². The number of hydrogen-bond acceptors (Lipinski definition) is 6. The van der Waals surface area contributed by atoms with E-state index in [1.165, 1.54) is 41.6 Å². The number of carbonyl (C=O) groups is 1. The fraction of sp³-hybridized carbons (Fsp3) is 0.188. The highest BCUT2D eigenvalue weighted by Crippen LogP contribution is 2.40. The van der Waals surface area contributed by atoms with Crippen molar-refractivity contribution in [3.8, 4) is 11.1 Å². The molecule has 0 unspecified atom stereocenters. The van der Waals surface area contributed by atoms with Crippen molar-refractivity contribution in [3.63, 3.8) is 0 Å². The van der Waals surface area contributed by atoms with Crippen LogP contribution in [0.4, 0.5) is 4.39 Å². The zero-order valence-corrected chi connectivity index (χ0v) is 13.5. The van der Waals surface area contributed by atoms with Gasteiger partial charge in [0.2, 0.25) is 0 Å². The van der Waals surface area contributed by atoms with Crippen LogP contribution >= 0.6 is 23.1 Å². The maximum atomic E-state index is 13.2. The van der Waals surface area contributed by atoms with E-state index in [0.717, 1.165) is 26.4 Å². The normalized spacial score (nSPS) is 17.6. The van der Waals surface area contributed by atoms with Gasteiger partial charge < -0.3 is 4.74 Å². The molecule has 0 spiro atoms. The number of carbonyl (C=O) groups excluding carboxylic acids is 1. The van der Waals surface area contributed by atoms with E-state index in [1.54, 1.807) is 12.1 Å². The number of ether oxygens (including phenoxy) is 1. The van der Waals surface area contributed by atoms with Gasteiger partial charge in [0.1, 0.15) is 27.3 Å². The van der Waals surface area contributed by atoms with Gasteiger partial charge >= 0.3 is 5.97 Å². The maximum absolute atomic E-state index is 13.2. The Labute approximate surface area is 139 Å². The van der Waals surface area contributed by atoms with Gasteiger partial charge in [0.05, 0.1) is 12.0 Å². The molecule has 1 aliphatic rings. The predicted octanol–water partition coefficient (Wildman–Crippen LogP) is 3.91. The van der Waals surface area contributed by atoms with Gasteiger partial charge in [-0.1, -0.05) is 23.9 Å². The fourth-order valence-electron chi connectivity index (χ4n) is 2.50. The zero-order chi connectivity index (χ0) is 15.8. The zero-order valence-electron chi connectivity index (χ0n) is 11.9. The highest BCUT2D eigenvalue weighted by molar-refractivity contribution is 8.00. The van der Waals surface area contributed by atoms with Crippen LogP contribution in [-0.4, -0.2) is 27.8 Å². The van der Waals surface area contributed by atoms with Crippen molar-refractivity contribution in [1.82, 2.24) is 9.97 Å². The summed E-state index contributed by atoms with van der Waals surface area (Å²) in [4.78, 5) is 21.2. The van der Waals surface area contributed by atoms with Gasteiger partial charge in [-0.3, -0.25) is 4.79 Å². The second kappa shape index (κ2) is 5.90. The van der Waals surface area contributed by atoms with Crippen molar-refractivity contribution in [2.75, 3.05) is 6.61 Å². The molecule has 0 bridgehead atoms. The van der Waals surface area contributed by atoms with Crippen LogP contribution in [0.25, 0.3) is 21.3 Å². The van der Waals surface area contributed by atoms with Gasteiger partial charge in [0, 0.05) is 17.4 Å². The second-order valence-electron chi connectivity index (χ2n) is 5.08. The summed E-state index contributed by atoms with van der Waals surface area (Å²) in [5.74, 6) is -0.465. The van der Waals surface area contributed by atoms with E-state index in [0.29, 0.717) is 13.0 Å². The number of hydrogen-bond donors (Lipinski definition) is 0. The summed E-state index contributed by atoms with van der Waals surface area (Å²) in [6.45, 7) is 0.458. The number of benzene rings is 1. The molecular formula is C16H11FN2O2S2. The lowest BCUT2D eigenvalue weighted by Gasteiger charge is -2.07. The summed E-state index contributed by atoms with van der Waals surface area (Å²) < 4.78 is 18.2. The fourth-order valence-corrected chi connectivity index (χ4v) is 4.56. The molecule has 4 nitrogen and oxygen atoms in total. The number of esters is 1. The Bertz CT molecular complexity index is 879. The number of cyclic esters (lactones) is 1. The third-order valence-corrected chi connectivity index (χ3v) is 5.76. The summed E-state index contributed by atoms with van der Waals surface area (Å²) in [5, 5.41) is 3.44. The Balaban J connectivity index is 1.80. The molecule has 1 atom stereocenters. The van der Waals surface area contributed by atoms with Crippen LogP contribution in [0.15, 0.2) is 41.0 Å². The molecule has 0 aliphatic carbocycles. The van der Waals surface area contributed by atoms with Crippen LogP contribution < -0.4 is 0 Å². The minimum Gasteiger partial charge on any atom is -0.465 e. The van der Waals surface area contributed by atoms with Gasteiger partial charge in [0.25, 0.3) is 0 Å². The highest BCUT2D eigenvalue weighted by atomic mass is 32.2. The van der Waals surface area contributed by atoms with E-state index in [1.807, 2.05) is 5.38 Å². The van der Waals surface area contributed by atoms with E-state index in [4.69, 9.17) is 4.74 Å². The number of aromatic nitrogens is 2. The van der Waals surface area contributed by atoms with E-state index < -0.39 is 0 Å². The SMILES string of the molecule is O=C1OCC[C@H]1Sc1ncnc2scc(-c3ccc(F)cc3)c12. The Morgan fingerprint density at radius 3 is 2.83 bits per heavy atom. The monoisotopic (exact) mass is 346 g/mol. The summed E-state index contributed by atoms with van der Waals surface area (Å²) in [6, 6.07) is 6.35. The molecule has 2 aromatic heterocycles. The molecule has 7 heteroatoms. The molecule has 3 heterocycles. The predicted molar refractivity (Wildman–Crippen MR) is 88.0 cm³/mol. The Kier molecular flexibility index (Phi) is 3.74. The number of thiophene rings is 1. The highest BCUT2D eigenvalue weighted by Gasteiger charge is 2.29. The van der Waals surface area contributed by atoms with Crippen LogP contribution in [0.3, 0.4) is 0 Å². The molecule has 1 aromatic carbocycles. The summed E-state index contributed by atoms with van der Waals surface area (Å²) in [5.41, 5.74) is 1.86. The quantitative estimate of drug-likeness (QED) is 0.532. The molecule has 0 radical (unpaired) electrons. The molecule has 1 saturated heterocycles. The first kappa shape index (κ1) is 14.6. The molecule has 0 amide bonds. The molecule has 1 aliphatic heterocycles. The van der Waals surface area contributed by atoms with Gasteiger partial charge in [0.15, 0.2) is 0 Å². The Hall–Kier alpha value is -1.99. The number of fused-ring (bicyclic) bond motifs is 1. The second-order valence-corrected chi connectivity index (χ2v) is 7.13. The van der Waals surface area contributed by atoms with Crippen LogP contribution in [0, 0.1) is 5.82 Å². The number of halogens is 1. The van der Waals surface area contributed by atoms with E-state index in [-0.39, 0.29) is 17.0 Å². The van der Waals surface area contributed by atoms with Crippen molar-refractivity contribution in [3.05, 3.63) is 41.8 Å². The van der Waals surface area contributed by atoms with Crippen LogP contribution in [0.1, 0.15) is 6.42 Å². The summed E-state index contributed by atoms with van der Waals surface area (Å²) >= 11 is 2.92. The van der Waals surface area contributed by atoms with Crippen LogP contribution in [0.2, 0.25) is 0 Å². The first-order valence-corrected chi connectivity index (χ1v) is 8.80. The smallest absolute Gasteiger partial charge is 0.319 e. The topological polar surface area (TPSA) is 52.1 Å². The largest absolute Gasteiger partial charge is 0.465 e. The lowest BCUT2D eigenvalue weighted by Crippen LogP contribution is -2.09. The van der Waals surface area contributed by atoms with E-state index in [2.05, 4.69) is 9.97 Å². The van der Waals surface area contributed by atoms with Crippen LogP contribution in [0.5, 0.6) is 0 Å². The molecule has 4 rings (SSSR count). The molecule has 3 aromatic rings. The van der Waals surface area contributed by atoms with Crippen molar-refractivity contribution in [2.24, 2.45) is 0 Å². The van der Waals surface area contributed by atoms with Crippen molar-refractivity contribution >= 4 is 39.3 Å². The third kappa shape index (κ3) is 2.70. The molecule has 1 fully saturated rings. The Morgan fingerprint density at radius 2 is 2.09 bits per heavy atom. The van der Waals surface area contributed by atoms with Gasteiger partial charge in [-0.2, -0.15) is 0 Å². The molecule has 116 valence electrons. The maximum Gasteiger partial charge on any atom is 0.319 e. The summed E-state index contributed by atoms with van der Waals surface area (Å²) in [7, 11) is 0. The average Bonchev–Trinajstić information content (AvgIpc) is 3.16. The number of nitrogens with zero attached hydrogens (tertiary/aromatic N) is 2. The Morgan fingerprint density at radius 1 is 1.26 bits per heavy atom. The molecule has 0 N–H and O–H groups in total. The van der Waals surface area contributed by atoms with Crippen molar-refractivity contribution in [2.45, 2.75) is 16.7 Å². The molecule has 0 saturated carbocycles. The van der Waals surface area contributed by atoms with Gasteiger partial charge in [-0.25, -0.2) is 14.4 Å². The minimum atomic E-state index is -0.271. The van der Waals surface area contributed by atoms with Crippen molar-refractivity contribution < 1.29 is 13.9 Å². The first-order chi connectivity index (χ1) is 11.2. The average molecular weight is 346 g/mol. The molecular weight excluding hydrogens is 335 g/mol. The number of rotatable bonds is 3. The van der Waals surface area contributed by atoms with Gasteiger partial charge in [-0.05, 0) is 17.7 Å². The lowest BCUT2D eigenvalue weighted by molar-refractivity contribution is -0.137. The lowest BCUT2D eigenvalue weighted by atomic mass is 10.1. The standard InChI is InChI=1S/C16H11FN2O2S2/c17-10-3-1-9(2-4-10)11-7-22-14-13(11)15(19-8-18-14)23-12-5-6-21-16(12)20/h1-4,7-8,12H,5-6H2/t12-/m1/s1. The van der Waals surface area contributed by atoms with Gasteiger partial charge in [-0.15, -0.1) is 11.3 Å². The first-order valence-electron chi connectivity index (χ1n) is 7.04. The number of thioether (sulfide) groups is 1. The van der Waals surface area contributed by atoms with E-state index >= 15 is 0 Å². The summed E-state index contributed by atoms with van der Waals surface area (Å²) in [6.07, 6.45) is 2.20. The van der Waals surface area contributed by atoms with Crippen LogP contribution in [-0.2, 0) is 9.53 Å². The third-order valence-electron chi connectivity index (χ3n) is 3.63. The van der Waals surface area contributed by atoms with E-state index in [9.17, 15) is 9.18 Å². The molecule has 23 heavy (non-hydrogen) atoms.